The van der Waals surface area contributed by atoms with Crippen LogP contribution in [0.15, 0.2) is 48.5 Å². The van der Waals surface area contributed by atoms with E-state index in [1.807, 2.05) is 31.2 Å². The molecule has 0 unspecified atom stereocenters. The molecule has 2 aromatic rings. The van der Waals surface area contributed by atoms with Crippen LogP contribution in [0.4, 0.5) is 4.79 Å². The van der Waals surface area contributed by atoms with Gasteiger partial charge in [0.1, 0.15) is 6.61 Å². The van der Waals surface area contributed by atoms with E-state index in [9.17, 15) is 9.90 Å². The predicted octanol–water partition coefficient (Wildman–Crippen LogP) is 3.78. The second-order valence-corrected chi connectivity index (χ2v) is 6.97. The van der Waals surface area contributed by atoms with E-state index >= 15 is 0 Å². The lowest BCUT2D eigenvalue weighted by atomic mass is 9.98. The number of benzene rings is 2. The van der Waals surface area contributed by atoms with E-state index in [4.69, 9.17) is 4.74 Å². The number of amides is 1. The molecular formula is C21H23NO3. The van der Waals surface area contributed by atoms with Crippen molar-refractivity contribution < 1.29 is 14.6 Å². The average molecular weight is 337 g/mol. The number of hydrogen-bond donors (Lipinski definition) is 1. The van der Waals surface area contributed by atoms with Gasteiger partial charge in [-0.15, -0.1) is 0 Å². The molecule has 0 bridgehead atoms. The van der Waals surface area contributed by atoms with Crippen LogP contribution in [0.5, 0.6) is 0 Å². The molecule has 1 amide bonds. The van der Waals surface area contributed by atoms with Gasteiger partial charge in [0.15, 0.2) is 0 Å². The van der Waals surface area contributed by atoms with Crippen LogP contribution in [0.3, 0.4) is 0 Å². The van der Waals surface area contributed by atoms with Gasteiger partial charge in [0, 0.05) is 12.0 Å². The molecule has 0 spiro atoms. The Morgan fingerprint density at radius 1 is 1.08 bits per heavy atom. The third-order valence-corrected chi connectivity index (χ3v) is 5.54. The van der Waals surface area contributed by atoms with Gasteiger partial charge in [0.25, 0.3) is 0 Å². The molecule has 2 aromatic carbocycles. The number of aliphatic hydroxyl groups excluding tert-OH is 1. The summed E-state index contributed by atoms with van der Waals surface area (Å²) in [5.74, 6) is 0.0711. The van der Waals surface area contributed by atoms with Crippen molar-refractivity contribution in [1.29, 1.82) is 0 Å². The summed E-state index contributed by atoms with van der Waals surface area (Å²) in [6.45, 7) is 2.33. The van der Waals surface area contributed by atoms with Crippen LogP contribution in [0.2, 0.25) is 0 Å². The largest absolute Gasteiger partial charge is 0.448 e. The van der Waals surface area contributed by atoms with Crippen molar-refractivity contribution in [2.45, 2.75) is 37.8 Å². The molecule has 1 N–H and O–H groups in total. The van der Waals surface area contributed by atoms with Gasteiger partial charge in [-0.3, -0.25) is 0 Å². The molecule has 4 rings (SSSR count). The molecule has 1 fully saturated rings. The third kappa shape index (κ3) is 2.71. The number of hydrogen-bond acceptors (Lipinski definition) is 3. The first-order valence-electron chi connectivity index (χ1n) is 8.95. The number of carbonyl (C=O) groups is 1. The van der Waals surface area contributed by atoms with E-state index in [2.05, 4.69) is 24.3 Å². The first-order chi connectivity index (χ1) is 12.2. The molecule has 25 heavy (non-hydrogen) atoms. The number of ether oxygens (including phenoxy) is 1. The van der Waals surface area contributed by atoms with Gasteiger partial charge >= 0.3 is 6.09 Å². The molecule has 2 aliphatic rings. The van der Waals surface area contributed by atoms with Crippen molar-refractivity contribution in [1.82, 2.24) is 4.90 Å². The molecule has 1 heterocycles. The van der Waals surface area contributed by atoms with Crippen LogP contribution in [0.25, 0.3) is 11.1 Å². The second kappa shape index (κ2) is 6.52. The maximum Gasteiger partial charge on any atom is 0.410 e. The number of aliphatic hydroxyl groups is 1. The first-order valence-corrected chi connectivity index (χ1v) is 8.95. The Morgan fingerprint density at radius 3 is 2.28 bits per heavy atom. The van der Waals surface area contributed by atoms with Crippen LogP contribution < -0.4 is 0 Å². The van der Waals surface area contributed by atoms with Crippen LogP contribution in [-0.4, -0.2) is 41.4 Å². The standard InChI is InChI=1S/C21H23NO3/c1-14-10-11-15(12-23)22(14)21(24)25-13-20-18-8-4-2-6-16(18)17-7-3-5-9-19(17)20/h2-9,14-15,20,23H,10-13H2,1H3/t14-,15-/m1/s1. The lowest BCUT2D eigenvalue weighted by Gasteiger charge is -2.27. The third-order valence-electron chi connectivity index (χ3n) is 5.54. The Kier molecular flexibility index (Phi) is 4.22. The Labute approximate surface area is 148 Å². The summed E-state index contributed by atoms with van der Waals surface area (Å²) in [6, 6.07) is 16.6. The molecule has 130 valence electrons. The topological polar surface area (TPSA) is 49.8 Å². The van der Waals surface area contributed by atoms with Gasteiger partial charge < -0.3 is 14.7 Å². The van der Waals surface area contributed by atoms with E-state index in [1.54, 1.807) is 4.90 Å². The zero-order valence-corrected chi connectivity index (χ0v) is 14.4. The van der Waals surface area contributed by atoms with Gasteiger partial charge in [-0.1, -0.05) is 48.5 Å². The number of nitrogens with zero attached hydrogens (tertiary/aromatic N) is 1. The van der Waals surface area contributed by atoms with Crippen LogP contribution in [0.1, 0.15) is 36.8 Å². The van der Waals surface area contributed by atoms with Crippen LogP contribution >= 0.6 is 0 Å². The quantitative estimate of drug-likeness (QED) is 0.927. The first kappa shape index (κ1) is 16.2. The smallest absolute Gasteiger partial charge is 0.410 e. The fraction of sp³-hybridized carbons (Fsp3) is 0.381. The number of fused-ring (bicyclic) bond motifs is 3. The van der Waals surface area contributed by atoms with Crippen molar-refractivity contribution in [3.8, 4) is 11.1 Å². The molecule has 0 saturated carbocycles. The minimum atomic E-state index is -0.314. The Bertz CT molecular complexity index is 743. The summed E-state index contributed by atoms with van der Waals surface area (Å²) in [5, 5.41) is 9.49. The van der Waals surface area contributed by atoms with Gasteiger partial charge in [-0.2, -0.15) is 0 Å². The fourth-order valence-electron chi connectivity index (χ4n) is 4.25. The van der Waals surface area contributed by atoms with E-state index in [1.165, 1.54) is 22.3 Å². The summed E-state index contributed by atoms with van der Waals surface area (Å²) in [5.41, 5.74) is 4.87. The Hall–Kier alpha value is -2.33. The molecule has 2 atom stereocenters. The summed E-state index contributed by atoms with van der Waals surface area (Å²) >= 11 is 0. The molecule has 1 aliphatic heterocycles. The summed E-state index contributed by atoms with van der Waals surface area (Å²) < 4.78 is 5.70. The molecule has 0 aromatic heterocycles. The maximum atomic E-state index is 12.6. The minimum Gasteiger partial charge on any atom is -0.448 e. The van der Waals surface area contributed by atoms with Gasteiger partial charge in [0.05, 0.1) is 12.6 Å². The Balaban J connectivity index is 1.54. The normalized spacial score (nSPS) is 21.9. The Morgan fingerprint density at radius 2 is 1.68 bits per heavy atom. The van der Waals surface area contributed by atoms with Crippen molar-refractivity contribution in [3.63, 3.8) is 0 Å². The van der Waals surface area contributed by atoms with Crippen molar-refractivity contribution in [3.05, 3.63) is 59.7 Å². The SMILES string of the molecule is C[C@@H]1CC[C@H](CO)N1C(=O)OCC1c2ccccc2-c2ccccc21. The maximum absolute atomic E-state index is 12.6. The highest BCUT2D eigenvalue weighted by molar-refractivity contribution is 5.79. The predicted molar refractivity (Wildman–Crippen MR) is 96.5 cm³/mol. The summed E-state index contributed by atoms with van der Waals surface area (Å²) in [7, 11) is 0. The number of rotatable bonds is 3. The zero-order valence-electron chi connectivity index (χ0n) is 14.4. The lowest BCUT2D eigenvalue weighted by molar-refractivity contribution is 0.0706. The van der Waals surface area contributed by atoms with E-state index in [-0.39, 0.29) is 30.7 Å². The molecule has 1 saturated heterocycles. The van der Waals surface area contributed by atoms with Crippen molar-refractivity contribution >= 4 is 6.09 Å². The van der Waals surface area contributed by atoms with Crippen LogP contribution in [-0.2, 0) is 4.74 Å². The molecule has 4 heteroatoms. The molecule has 4 nitrogen and oxygen atoms in total. The molecular weight excluding hydrogens is 314 g/mol. The van der Waals surface area contributed by atoms with Gasteiger partial charge in [-0.25, -0.2) is 4.79 Å². The van der Waals surface area contributed by atoms with Gasteiger partial charge in [0.2, 0.25) is 0 Å². The minimum absolute atomic E-state index is 0.00542. The fourth-order valence-corrected chi connectivity index (χ4v) is 4.25. The van der Waals surface area contributed by atoms with E-state index in [0.29, 0.717) is 6.61 Å². The summed E-state index contributed by atoms with van der Waals surface area (Å²) in [6.07, 6.45) is 1.43. The average Bonchev–Trinajstić information content (AvgIpc) is 3.18. The van der Waals surface area contributed by atoms with Crippen molar-refractivity contribution in [2.24, 2.45) is 0 Å². The molecule has 1 aliphatic carbocycles. The number of carbonyl (C=O) groups excluding carboxylic acids is 1. The highest BCUT2D eigenvalue weighted by Gasteiger charge is 2.36. The van der Waals surface area contributed by atoms with E-state index in [0.717, 1.165) is 12.8 Å². The number of likely N-dealkylation sites (tertiary alicyclic amines) is 1. The zero-order chi connectivity index (χ0) is 17.4. The van der Waals surface area contributed by atoms with Gasteiger partial charge in [-0.05, 0) is 42.0 Å². The summed E-state index contributed by atoms with van der Waals surface area (Å²) in [4.78, 5) is 14.3. The van der Waals surface area contributed by atoms with E-state index < -0.39 is 0 Å². The lowest BCUT2D eigenvalue weighted by Crippen LogP contribution is -2.42. The second-order valence-electron chi connectivity index (χ2n) is 6.97. The van der Waals surface area contributed by atoms with Crippen molar-refractivity contribution in [2.75, 3.05) is 13.2 Å². The highest BCUT2D eigenvalue weighted by Crippen LogP contribution is 2.44. The monoisotopic (exact) mass is 337 g/mol. The highest BCUT2D eigenvalue weighted by atomic mass is 16.6. The van der Waals surface area contributed by atoms with Crippen LogP contribution in [0, 0.1) is 0 Å². The molecule has 0 radical (unpaired) electrons.